The van der Waals surface area contributed by atoms with Crippen molar-refractivity contribution in [2.75, 3.05) is 19.6 Å². The van der Waals surface area contributed by atoms with E-state index in [1.54, 1.807) is 14.0 Å². The Bertz CT molecular complexity index is 1340. The Morgan fingerprint density at radius 1 is 1.16 bits per heavy atom. The van der Waals surface area contributed by atoms with Gasteiger partial charge in [0, 0.05) is 17.0 Å². The summed E-state index contributed by atoms with van der Waals surface area (Å²) in [6.07, 6.45) is 0.900. The fourth-order valence-corrected chi connectivity index (χ4v) is 4.09. The second kappa shape index (κ2) is 9.23. The minimum Gasteiger partial charge on any atom is -0.497 e. The van der Waals surface area contributed by atoms with Crippen molar-refractivity contribution in [1.29, 1.82) is 0 Å². The number of nitrogens with zero attached hydrogens (tertiary/aromatic N) is 2. The van der Waals surface area contributed by atoms with Gasteiger partial charge in [-0.1, -0.05) is 24.3 Å². The lowest BCUT2D eigenvalue weighted by Crippen LogP contribution is -2.08. The van der Waals surface area contributed by atoms with E-state index in [1.165, 1.54) is 24.0 Å². The highest BCUT2D eigenvalue weighted by atomic mass is 32.1. The molecule has 4 rings (SSSR count). The molecule has 0 aliphatic heterocycles. The van der Waals surface area contributed by atoms with Gasteiger partial charge in [0.2, 0.25) is 5.13 Å². The van der Waals surface area contributed by atoms with E-state index < -0.39 is 5.97 Å². The van der Waals surface area contributed by atoms with Crippen LogP contribution in [0.2, 0.25) is 0 Å². The van der Waals surface area contributed by atoms with Gasteiger partial charge < -0.3 is 13.9 Å². The van der Waals surface area contributed by atoms with Crippen LogP contribution < -0.4 is 15.5 Å². The van der Waals surface area contributed by atoms with Crippen molar-refractivity contribution in [2.24, 2.45) is 5.10 Å². The first-order chi connectivity index (χ1) is 15.5. The van der Waals surface area contributed by atoms with Gasteiger partial charge in [-0.3, -0.25) is 5.43 Å². The Balaban J connectivity index is 1.81. The number of hydrogen-bond acceptors (Lipinski definition) is 8. The molecule has 8 heteroatoms. The highest BCUT2D eigenvalue weighted by molar-refractivity contribution is 7.17. The molecular formula is C24H23N3O4S. The average molecular weight is 450 g/mol. The van der Waals surface area contributed by atoms with Crippen molar-refractivity contribution in [3.8, 4) is 17.1 Å². The van der Waals surface area contributed by atoms with Crippen molar-refractivity contribution < 1.29 is 18.7 Å². The zero-order valence-corrected chi connectivity index (χ0v) is 19.1. The van der Waals surface area contributed by atoms with Crippen molar-refractivity contribution in [3.63, 3.8) is 0 Å². The summed E-state index contributed by atoms with van der Waals surface area (Å²) in [7, 11) is 2.99. The van der Waals surface area contributed by atoms with Gasteiger partial charge in [-0.15, -0.1) is 0 Å². The number of fused-ring (bicyclic) bond motifs is 1. The minimum atomic E-state index is -0.411. The van der Waals surface area contributed by atoms with Gasteiger partial charge in [0.05, 0.1) is 25.3 Å². The molecule has 0 radical (unpaired) electrons. The van der Waals surface area contributed by atoms with Crippen molar-refractivity contribution >= 4 is 33.4 Å². The second-order valence-electron chi connectivity index (χ2n) is 7.06. The molecule has 164 valence electrons. The topological polar surface area (TPSA) is 86.0 Å². The van der Waals surface area contributed by atoms with Gasteiger partial charge in [0.25, 0.3) is 0 Å². The second-order valence-corrected chi connectivity index (χ2v) is 8.06. The molecule has 2 heterocycles. The molecule has 2 aromatic carbocycles. The lowest BCUT2D eigenvalue weighted by atomic mass is 10.1. The van der Waals surface area contributed by atoms with Crippen LogP contribution in [0.25, 0.3) is 22.3 Å². The summed E-state index contributed by atoms with van der Waals surface area (Å²) in [4.78, 5) is 16.7. The highest BCUT2D eigenvalue weighted by Gasteiger charge is 2.15. The Hall–Kier alpha value is -3.65. The van der Waals surface area contributed by atoms with Gasteiger partial charge in [0.1, 0.15) is 22.0 Å². The zero-order chi connectivity index (χ0) is 22.7. The van der Waals surface area contributed by atoms with E-state index in [2.05, 4.69) is 28.5 Å². The average Bonchev–Trinajstić information content (AvgIpc) is 3.21. The number of rotatable bonds is 6. The predicted octanol–water partition coefficient (Wildman–Crippen LogP) is 5.15. The first-order valence-corrected chi connectivity index (χ1v) is 10.9. The van der Waals surface area contributed by atoms with Crippen LogP contribution >= 0.6 is 11.3 Å². The van der Waals surface area contributed by atoms with E-state index in [0.717, 1.165) is 28.7 Å². The van der Waals surface area contributed by atoms with Crippen LogP contribution in [0.5, 0.6) is 5.75 Å². The minimum absolute atomic E-state index is 0.411. The molecule has 4 aromatic rings. The molecule has 32 heavy (non-hydrogen) atoms. The smallest absolute Gasteiger partial charge is 0.350 e. The summed E-state index contributed by atoms with van der Waals surface area (Å²) in [6, 6.07) is 15.6. The number of esters is 1. The molecule has 0 saturated heterocycles. The van der Waals surface area contributed by atoms with Crippen LogP contribution in [-0.4, -0.2) is 25.2 Å². The molecule has 0 aliphatic carbocycles. The van der Waals surface area contributed by atoms with E-state index in [9.17, 15) is 4.79 Å². The van der Waals surface area contributed by atoms with Gasteiger partial charge in [0.15, 0.2) is 0 Å². The van der Waals surface area contributed by atoms with Crippen LogP contribution in [0.1, 0.15) is 27.9 Å². The molecular weight excluding hydrogens is 426 g/mol. The molecule has 0 saturated carbocycles. The third kappa shape index (κ3) is 4.36. The Labute approximate surface area is 189 Å². The zero-order valence-electron chi connectivity index (χ0n) is 18.3. The van der Waals surface area contributed by atoms with Crippen LogP contribution in [0.15, 0.2) is 58.0 Å². The number of aryl methyl sites for hydroxylation is 2. The maximum atomic E-state index is 11.9. The first kappa shape index (κ1) is 21.6. The molecule has 7 nitrogen and oxygen atoms in total. The Morgan fingerprint density at radius 2 is 1.94 bits per heavy atom. The number of thiazole rings is 1. The quantitative estimate of drug-likeness (QED) is 0.324. The summed E-state index contributed by atoms with van der Waals surface area (Å²) < 4.78 is 16.2. The van der Waals surface area contributed by atoms with Gasteiger partial charge in [-0.2, -0.15) is 5.10 Å². The molecule has 0 amide bonds. The van der Waals surface area contributed by atoms with Gasteiger partial charge in [-0.25, -0.2) is 9.78 Å². The molecule has 0 aliphatic rings. The highest BCUT2D eigenvalue weighted by Crippen LogP contribution is 2.26. The van der Waals surface area contributed by atoms with Crippen LogP contribution in [0.3, 0.4) is 0 Å². The number of hydrogen-bond donors (Lipinski definition) is 1. The van der Waals surface area contributed by atoms with Gasteiger partial charge >= 0.3 is 5.97 Å². The fourth-order valence-electron chi connectivity index (χ4n) is 3.26. The number of carbonyl (C=O) groups excluding carboxylic acids is 1. The maximum Gasteiger partial charge on any atom is 0.350 e. The van der Waals surface area contributed by atoms with Crippen LogP contribution in [0, 0.1) is 6.92 Å². The maximum absolute atomic E-state index is 11.9. The monoisotopic (exact) mass is 449 g/mol. The molecule has 0 fully saturated rings. The van der Waals surface area contributed by atoms with E-state index in [1.807, 2.05) is 42.5 Å². The van der Waals surface area contributed by atoms with E-state index in [-0.39, 0.29) is 0 Å². The standard InChI is InChI=1S/C24H23N3O4S/c1-5-15-6-11-20-18(12-15)19(13-21(31-20)16-7-9-17(29-3)10-8-16)26-27-24-25-14(2)22(32-24)23(28)30-4/h6-13H,5H2,1-4H3,(H,25,27)/b26-19+. The molecule has 0 unspecified atom stereocenters. The number of nitrogens with one attached hydrogen (secondary N) is 1. The lowest BCUT2D eigenvalue weighted by Gasteiger charge is -2.07. The lowest BCUT2D eigenvalue weighted by molar-refractivity contribution is 0.0605. The largest absolute Gasteiger partial charge is 0.497 e. The van der Waals surface area contributed by atoms with E-state index >= 15 is 0 Å². The van der Waals surface area contributed by atoms with E-state index in [0.29, 0.717) is 26.8 Å². The van der Waals surface area contributed by atoms with Crippen LogP contribution in [-0.2, 0) is 11.2 Å². The molecule has 0 spiro atoms. The third-order valence-corrected chi connectivity index (χ3v) is 6.07. The van der Waals surface area contributed by atoms with E-state index in [4.69, 9.17) is 13.9 Å². The summed E-state index contributed by atoms with van der Waals surface area (Å²) in [5.41, 5.74) is 6.40. The first-order valence-electron chi connectivity index (χ1n) is 10.1. The van der Waals surface area contributed by atoms with Crippen molar-refractivity contribution in [2.45, 2.75) is 20.3 Å². The summed E-state index contributed by atoms with van der Waals surface area (Å²) in [6.45, 7) is 3.87. The SMILES string of the molecule is CCc1ccc2oc(-c3ccc(OC)cc3)c/c(=N\Nc3nc(C)c(C(=O)OC)s3)c2c1. The number of methoxy groups -OCH3 is 2. The molecule has 0 atom stereocenters. The van der Waals surface area contributed by atoms with Crippen LogP contribution in [0.4, 0.5) is 5.13 Å². The molecule has 2 aromatic heterocycles. The summed E-state index contributed by atoms with van der Waals surface area (Å²) in [5.74, 6) is 1.04. The molecule has 0 bridgehead atoms. The molecule has 1 N–H and O–H groups in total. The number of anilines is 1. The number of carbonyl (C=O) groups is 1. The van der Waals surface area contributed by atoms with Gasteiger partial charge in [-0.05, 0) is 55.3 Å². The number of aromatic nitrogens is 1. The number of benzene rings is 2. The Morgan fingerprint density at radius 3 is 2.62 bits per heavy atom. The predicted molar refractivity (Wildman–Crippen MR) is 125 cm³/mol. The summed E-state index contributed by atoms with van der Waals surface area (Å²) in [5, 5.41) is 6.70. The number of ether oxygens (including phenoxy) is 2. The van der Waals surface area contributed by atoms with Crippen molar-refractivity contribution in [1.82, 2.24) is 4.98 Å². The fraction of sp³-hybridized carbons (Fsp3) is 0.208. The Kier molecular flexibility index (Phi) is 6.23. The summed E-state index contributed by atoms with van der Waals surface area (Å²) >= 11 is 1.20. The van der Waals surface area contributed by atoms with Crippen molar-refractivity contribution in [3.05, 3.63) is 70.0 Å². The third-order valence-electron chi connectivity index (χ3n) is 5.03. The normalized spacial score (nSPS) is 11.6.